The smallest absolute Gasteiger partial charge is 0.295 e. The molecule has 0 atom stereocenters. The Hall–Kier alpha value is -1.85. The van der Waals surface area contributed by atoms with Gasteiger partial charge in [0.1, 0.15) is 18.4 Å². The van der Waals surface area contributed by atoms with Crippen LogP contribution in [0.15, 0.2) is 17.0 Å². The summed E-state index contributed by atoms with van der Waals surface area (Å²) in [4.78, 5) is 8.16. The van der Waals surface area contributed by atoms with E-state index >= 15 is 0 Å². The molecule has 2 heterocycles. The first kappa shape index (κ1) is 8.74. The molecule has 0 fully saturated rings. The summed E-state index contributed by atoms with van der Waals surface area (Å²) in [5.41, 5.74) is 0.852. The van der Waals surface area contributed by atoms with Gasteiger partial charge in [-0.1, -0.05) is 0 Å². The zero-order valence-corrected chi connectivity index (χ0v) is 8.06. The minimum Gasteiger partial charge on any atom is -0.432 e. The van der Waals surface area contributed by atoms with Crippen molar-refractivity contribution in [2.45, 2.75) is 13.5 Å². The van der Waals surface area contributed by atoms with Gasteiger partial charge in [-0.05, 0) is 6.92 Å². The van der Waals surface area contributed by atoms with Crippen molar-refractivity contribution in [2.75, 3.05) is 5.32 Å². The fourth-order valence-corrected chi connectivity index (χ4v) is 1.07. The molecule has 0 aliphatic heterocycles. The van der Waals surface area contributed by atoms with E-state index < -0.39 is 0 Å². The van der Waals surface area contributed by atoms with E-state index in [1.54, 1.807) is 10.9 Å². The van der Waals surface area contributed by atoms with E-state index in [0.29, 0.717) is 12.6 Å². The second kappa shape index (κ2) is 3.49. The van der Waals surface area contributed by atoms with Crippen molar-refractivity contribution >= 4 is 6.01 Å². The molecule has 2 aromatic rings. The second-order valence-electron chi connectivity index (χ2n) is 2.95. The van der Waals surface area contributed by atoms with Crippen molar-refractivity contribution in [3.63, 3.8) is 0 Å². The molecule has 0 aliphatic rings. The lowest BCUT2D eigenvalue weighted by Gasteiger charge is -1.99. The summed E-state index contributed by atoms with van der Waals surface area (Å²) in [6.07, 6.45) is 3.11. The molecule has 0 saturated carbocycles. The zero-order chi connectivity index (χ0) is 9.97. The summed E-state index contributed by atoms with van der Waals surface area (Å²) < 4.78 is 6.82. The molecular weight excluding hydrogens is 182 g/mol. The van der Waals surface area contributed by atoms with E-state index in [4.69, 9.17) is 4.42 Å². The zero-order valence-electron chi connectivity index (χ0n) is 8.06. The first-order valence-corrected chi connectivity index (χ1v) is 4.24. The first-order chi connectivity index (χ1) is 6.75. The average molecular weight is 193 g/mol. The highest BCUT2D eigenvalue weighted by atomic mass is 16.4. The van der Waals surface area contributed by atoms with Gasteiger partial charge < -0.3 is 9.73 Å². The van der Waals surface area contributed by atoms with Crippen LogP contribution >= 0.6 is 0 Å². The Morgan fingerprint density at radius 1 is 1.57 bits per heavy atom. The SMILES string of the molecule is Cc1coc(NCc2ncnn2C)n1. The van der Waals surface area contributed by atoms with Gasteiger partial charge in [0, 0.05) is 7.05 Å². The van der Waals surface area contributed by atoms with Crippen LogP contribution in [0.3, 0.4) is 0 Å². The highest BCUT2D eigenvalue weighted by Gasteiger charge is 2.02. The Bertz CT molecular complexity index is 419. The Morgan fingerprint density at radius 3 is 3.00 bits per heavy atom. The lowest BCUT2D eigenvalue weighted by molar-refractivity contribution is 0.567. The van der Waals surface area contributed by atoms with Gasteiger partial charge in [-0.2, -0.15) is 10.1 Å². The third-order valence-corrected chi connectivity index (χ3v) is 1.82. The molecule has 0 spiro atoms. The Balaban J connectivity index is 1.98. The van der Waals surface area contributed by atoms with E-state index in [1.807, 2.05) is 14.0 Å². The standard InChI is InChI=1S/C8H11N5O/c1-6-4-14-8(12-6)9-3-7-10-5-11-13(7)2/h4-5H,3H2,1-2H3,(H,9,12). The van der Waals surface area contributed by atoms with Crippen molar-refractivity contribution in [3.8, 4) is 0 Å². The molecule has 0 aliphatic carbocycles. The largest absolute Gasteiger partial charge is 0.432 e. The van der Waals surface area contributed by atoms with Gasteiger partial charge in [0.15, 0.2) is 0 Å². The monoisotopic (exact) mass is 193 g/mol. The van der Waals surface area contributed by atoms with Gasteiger partial charge in [0.25, 0.3) is 6.01 Å². The molecule has 0 aromatic carbocycles. The summed E-state index contributed by atoms with van der Waals surface area (Å²) in [5.74, 6) is 0.834. The fraction of sp³-hybridized carbons (Fsp3) is 0.375. The fourth-order valence-electron chi connectivity index (χ4n) is 1.07. The van der Waals surface area contributed by atoms with Gasteiger partial charge in [0.05, 0.1) is 12.2 Å². The van der Waals surface area contributed by atoms with Crippen LogP contribution in [0.4, 0.5) is 6.01 Å². The normalized spacial score (nSPS) is 10.4. The molecule has 6 nitrogen and oxygen atoms in total. The van der Waals surface area contributed by atoms with Crippen molar-refractivity contribution in [2.24, 2.45) is 7.05 Å². The van der Waals surface area contributed by atoms with E-state index in [1.165, 1.54) is 6.33 Å². The molecule has 0 unspecified atom stereocenters. The lowest BCUT2D eigenvalue weighted by atomic mass is 10.6. The van der Waals surface area contributed by atoms with Crippen LogP contribution in [-0.2, 0) is 13.6 Å². The van der Waals surface area contributed by atoms with Crippen molar-refractivity contribution in [1.82, 2.24) is 19.7 Å². The molecule has 2 rings (SSSR count). The van der Waals surface area contributed by atoms with Crippen molar-refractivity contribution in [1.29, 1.82) is 0 Å². The number of aromatic nitrogens is 4. The summed E-state index contributed by atoms with van der Waals surface area (Å²) in [7, 11) is 1.84. The van der Waals surface area contributed by atoms with E-state index in [2.05, 4.69) is 20.4 Å². The van der Waals surface area contributed by atoms with Gasteiger partial charge in [-0.25, -0.2) is 4.98 Å². The summed E-state index contributed by atoms with van der Waals surface area (Å²) in [6.45, 7) is 2.42. The number of anilines is 1. The highest BCUT2D eigenvalue weighted by Crippen LogP contribution is 2.06. The summed E-state index contributed by atoms with van der Waals surface area (Å²) in [6, 6.07) is 0.505. The van der Waals surface area contributed by atoms with Gasteiger partial charge in [-0.15, -0.1) is 0 Å². The Morgan fingerprint density at radius 2 is 2.43 bits per heavy atom. The van der Waals surface area contributed by atoms with Crippen LogP contribution in [-0.4, -0.2) is 19.7 Å². The molecule has 2 aromatic heterocycles. The number of hydrogen-bond acceptors (Lipinski definition) is 5. The maximum absolute atomic E-state index is 5.12. The molecule has 1 N–H and O–H groups in total. The minimum absolute atomic E-state index is 0.505. The van der Waals surface area contributed by atoms with Crippen LogP contribution in [0.5, 0.6) is 0 Å². The molecular formula is C8H11N5O. The average Bonchev–Trinajstić information content (AvgIpc) is 2.72. The Labute approximate surface area is 81.0 Å². The minimum atomic E-state index is 0.505. The molecule has 6 heteroatoms. The maximum Gasteiger partial charge on any atom is 0.295 e. The molecule has 0 amide bonds. The lowest BCUT2D eigenvalue weighted by Crippen LogP contribution is -2.06. The second-order valence-corrected chi connectivity index (χ2v) is 2.95. The molecule has 14 heavy (non-hydrogen) atoms. The van der Waals surface area contributed by atoms with E-state index in [9.17, 15) is 0 Å². The van der Waals surface area contributed by atoms with E-state index in [-0.39, 0.29) is 0 Å². The number of aryl methyl sites for hydroxylation is 2. The van der Waals surface area contributed by atoms with Crippen LogP contribution in [0.25, 0.3) is 0 Å². The number of oxazole rings is 1. The number of nitrogens with one attached hydrogen (secondary N) is 1. The number of nitrogens with zero attached hydrogens (tertiary/aromatic N) is 4. The summed E-state index contributed by atoms with van der Waals surface area (Å²) >= 11 is 0. The van der Waals surface area contributed by atoms with Gasteiger partial charge in [-0.3, -0.25) is 4.68 Å². The number of hydrogen-bond donors (Lipinski definition) is 1. The molecule has 0 saturated heterocycles. The topological polar surface area (TPSA) is 68.8 Å². The van der Waals surface area contributed by atoms with Crippen LogP contribution < -0.4 is 5.32 Å². The van der Waals surface area contributed by atoms with Gasteiger partial charge in [0.2, 0.25) is 0 Å². The van der Waals surface area contributed by atoms with E-state index in [0.717, 1.165) is 11.5 Å². The quantitative estimate of drug-likeness (QED) is 0.778. The molecule has 74 valence electrons. The summed E-state index contributed by atoms with van der Waals surface area (Å²) in [5, 5.41) is 6.96. The van der Waals surface area contributed by atoms with Crippen LogP contribution in [0, 0.1) is 6.92 Å². The Kier molecular flexibility index (Phi) is 2.18. The third kappa shape index (κ3) is 1.73. The first-order valence-electron chi connectivity index (χ1n) is 4.24. The predicted molar refractivity (Wildman–Crippen MR) is 49.6 cm³/mol. The predicted octanol–water partition coefficient (Wildman–Crippen LogP) is 0.724. The van der Waals surface area contributed by atoms with Gasteiger partial charge >= 0.3 is 0 Å². The van der Waals surface area contributed by atoms with Crippen LogP contribution in [0.2, 0.25) is 0 Å². The number of rotatable bonds is 3. The van der Waals surface area contributed by atoms with Crippen molar-refractivity contribution in [3.05, 3.63) is 24.1 Å². The molecule has 0 bridgehead atoms. The maximum atomic E-state index is 5.12. The van der Waals surface area contributed by atoms with Crippen LogP contribution in [0.1, 0.15) is 11.5 Å². The highest BCUT2D eigenvalue weighted by molar-refractivity contribution is 5.20. The van der Waals surface area contributed by atoms with Crippen molar-refractivity contribution < 1.29 is 4.42 Å². The third-order valence-electron chi connectivity index (χ3n) is 1.82. The molecule has 0 radical (unpaired) electrons.